The van der Waals surface area contributed by atoms with Gasteiger partial charge < -0.3 is 15.3 Å². The summed E-state index contributed by atoms with van der Waals surface area (Å²) in [4.78, 5) is 13.5. The first kappa shape index (κ1) is 15.4. The van der Waals surface area contributed by atoms with Crippen LogP contribution in [0.3, 0.4) is 0 Å². The van der Waals surface area contributed by atoms with E-state index < -0.39 is 12.0 Å². The number of hydrogen-bond acceptors (Lipinski definition) is 3. The Morgan fingerprint density at radius 2 is 2.17 bits per heavy atom. The molecule has 0 aromatic carbocycles. The number of carbonyl (C=O) groups is 1. The molecule has 4 heteroatoms. The second kappa shape index (κ2) is 8.48. The Labute approximate surface area is 111 Å². The predicted molar refractivity (Wildman–Crippen MR) is 73.8 cm³/mol. The minimum atomic E-state index is -0.722. The summed E-state index contributed by atoms with van der Waals surface area (Å²) in [5.74, 6) is 0.113. The number of rotatable bonds is 7. The molecule has 4 nitrogen and oxygen atoms in total. The molecule has 0 spiro atoms. The summed E-state index contributed by atoms with van der Waals surface area (Å²) >= 11 is 0. The zero-order valence-electron chi connectivity index (χ0n) is 11.8. The van der Waals surface area contributed by atoms with Gasteiger partial charge in [0.2, 0.25) is 0 Å². The van der Waals surface area contributed by atoms with Gasteiger partial charge in [-0.05, 0) is 51.2 Å². The van der Waals surface area contributed by atoms with Gasteiger partial charge in [0, 0.05) is 6.54 Å². The Hall–Kier alpha value is -0.610. The van der Waals surface area contributed by atoms with E-state index in [4.69, 9.17) is 0 Å². The van der Waals surface area contributed by atoms with Crippen molar-refractivity contribution in [3.63, 3.8) is 0 Å². The monoisotopic (exact) mass is 256 g/mol. The summed E-state index contributed by atoms with van der Waals surface area (Å²) in [6, 6.07) is -0.414. The Morgan fingerprint density at radius 3 is 2.78 bits per heavy atom. The maximum absolute atomic E-state index is 11.2. The molecule has 1 aliphatic rings. The van der Waals surface area contributed by atoms with Crippen LogP contribution in [0.4, 0.5) is 0 Å². The van der Waals surface area contributed by atoms with Crippen molar-refractivity contribution in [1.82, 2.24) is 10.2 Å². The number of nitrogens with one attached hydrogen (secondary N) is 1. The van der Waals surface area contributed by atoms with Crippen LogP contribution in [0.1, 0.15) is 46.0 Å². The molecule has 1 fully saturated rings. The van der Waals surface area contributed by atoms with Gasteiger partial charge in [-0.1, -0.05) is 20.3 Å². The summed E-state index contributed by atoms with van der Waals surface area (Å²) in [5.41, 5.74) is 0. The largest absolute Gasteiger partial charge is 0.480 e. The Bertz CT molecular complexity index is 246. The van der Waals surface area contributed by atoms with Gasteiger partial charge in [0.05, 0.1) is 0 Å². The molecule has 0 radical (unpaired) electrons. The molecule has 1 heterocycles. The quantitative estimate of drug-likeness (QED) is 0.731. The molecule has 1 aliphatic heterocycles. The lowest BCUT2D eigenvalue weighted by molar-refractivity contribution is -0.140. The summed E-state index contributed by atoms with van der Waals surface area (Å²) in [7, 11) is 0. The third-order valence-corrected chi connectivity index (χ3v) is 3.90. The summed E-state index contributed by atoms with van der Waals surface area (Å²) < 4.78 is 0. The van der Waals surface area contributed by atoms with Gasteiger partial charge in [-0.15, -0.1) is 0 Å². The zero-order chi connectivity index (χ0) is 13.4. The predicted octanol–water partition coefficient (Wildman–Crippen LogP) is 1.95. The number of hydrogen-bond donors (Lipinski definition) is 2. The van der Waals surface area contributed by atoms with E-state index in [1.165, 1.54) is 25.7 Å². The van der Waals surface area contributed by atoms with Gasteiger partial charge in [0.1, 0.15) is 6.04 Å². The number of carboxylic acids is 1. The van der Waals surface area contributed by atoms with Crippen LogP contribution in [0, 0.1) is 5.92 Å². The molecular formula is C14H28N2O2. The van der Waals surface area contributed by atoms with Gasteiger partial charge in [0.15, 0.2) is 0 Å². The van der Waals surface area contributed by atoms with Crippen LogP contribution in [0.2, 0.25) is 0 Å². The minimum Gasteiger partial charge on any atom is -0.480 e. The van der Waals surface area contributed by atoms with Crippen molar-refractivity contribution in [2.45, 2.75) is 52.0 Å². The Kier molecular flexibility index (Phi) is 7.28. The van der Waals surface area contributed by atoms with E-state index in [0.29, 0.717) is 6.54 Å². The van der Waals surface area contributed by atoms with Crippen LogP contribution < -0.4 is 5.32 Å². The highest BCUT2D eigenvalue weighted by Gasteiger charge is 2.22. The molecule has 18 heavy (non-hydrogen) atoms. The third-order valence-electron chi connectivity index (χ3n) is 3.90. The molecule has 0 aliphatic carbocycles. The summed E-state index contributed by atoms with van der Waals surface area (Å²) in [6.07, 6.45) is 5.95. The smallest absolute Gasteiger partial charge is 0.322 e. The van der Waals surface area contributed by atoms with Crippen molar-refractivity contribution in [2.75, 3.05) is 26.2 Å². The van der Waals surface area contributed by atoms with E-state index in [2.05, 4.69) is 24.1 Å². The highest BCUT2D eigenvalue weighted by molar-refractivity contribution is 5.73. The molecule has 106 valence electrons. The Morgan fingerprint density at radius 1 is 1.39 bits per heavy atom. The first-order valence-corrected chi connectivity index (χ1v) is 7.35. The van der Waals surface area contributed by atoms with Crippen LogP contribution in [-0.4, -0.2) is 48.2 Å². The topological polar surface area (TPSA) is 52.6 Å². The van der Waals surface area contributed by atoms with E-state index >= 15 is 0 Å². The molecule has 1 saturated heterocycles. The standard InChI is InChI=1S/C14H28N2O2/c1-3-8-15-13(14(17)18)11-16-9-5-6-12(4-2)7-10-16/h12-13,15H,3-11H2,1-2H3,(H,17,18). The first-order valence-electron chi connectivity index (χ1n) is 7.35. The summed E-state index contributed by atoms with van der Waals surface area (Å²) in [6.45, 7) is 7.84. The summed E-state index contributed by atoms with van der Waals surface area (Å²) in [5, 5.41) is 12.3. The van der Waals surface area contributed by atoms with Crippen molar-refractivity contribution in [3.05, 3.63) is 0 Å². The second-order valence-corrected chi connectivity index (χ2v) is 5.35. The molecular weight excluding hydrogens is 228 g/mol. The van der Waals surface area contributed by atoms with Crippen molar-refractivity contribution in [3.8, 4) is 0 Å². The second-order valence-electron chi connectivity index (χ2n) is 5.35. The fraction of sp³-hybridized carbons (Fsp3) is 0.929. The fourth-order valence-corrected chi connectivity index (χ4v) is 2.62. The lowest BCUT2D eigenvalue weighted by Crippen LogP contribution is -2.46. The molecule has 0 bridgehead atoms. The van der Waals surface area contributed by atoms with Crippen molar-refractivity contribution < 1.29 is 9.90 Å². The van der Waals surface area contributed by atoms with Crippen LogP contribution in [0.5, 0.6) is 0 Å². The molecule has 2 atom stereocenters. The highest BCUT2D eigenvalue weighted by Crippen LogP contribution is 2.20. The lowest BCUT2D eigenvalue weighted by Gasteiger charge is -2.24. The van der Waals surface area contributed by atoms with Gasteiger partial charge in [-0.3, -0.25) is 4.79 Å². The fourth-order valence-electron chi connectivity index (χ4n) is 2.62. The SMILES string of the molecule is CCCNC(CN1CCCC(CC)CC1)C(=O)O. The average Bonchev–Trinajstić information content (AvgIpc) is 2.59. The van der Waals surface area contributed by atoms with Crippen LogP contribution in [0.25, 0.3) is 0 Å². The van der Waals surface area contributed by atoms with Crippen LogP contribution in [-0.2, 0) is 4.79 Å². The van der Waals surface area contributed by atoms with Gasteiger partial charge in [-0.2, -0.15) is 0 Å². The van der Waals surface area contributed by atoms with Crippen LogP contribution >= 0.6 is 0 Å². The maximum Gasteiger partial charge on any atom is 0.322 e. The van der Waals surface area contributed by atoms with Crippen molar-refractivity contribution in [2.24, 2.45) is 5.92 Å². The van der Waals surface area contributed by atoms with E-state index in [9.17, 15) is 9.90 Å². The van der Waals surface area contributed by atoms with Crippen molar-refractivity contribution in [1.29, 1.82) is 0 Å². The number of aliphatic carboxylic acids is 1. The molecule has 2 unspecified atom stereocenters. The Balaban J connectivity index is 2.40. The number of carboxylic acid groups (broad SMARTS) is 1. The van der Waals surface area contributed by atoms with E-state index in [-0.39, 0.29) is 0 Å². The molecule has 0 aromatic heterocycles. The van der Waals surface area contributed by atoms with E-state index in [0.717, 1.165) is 32.0 Å². The molecule has 0 saturated carbocycles. The highest BCUT2D eigenvalue weighted by atomic mass is 16.4. The van der Waals surface area contributed by atoms with Gasteiger partial charge >= 0.3 is 5.97 Å². The normalized spacial score (nSPS) is 23.6. The molecule has 0 amide bonds. The average molecular weight is 256 g/mol. The molecule has 1 rings (SSSR count). The minimum absolute atomic E-state index is 0.414. The number of nitrogens with zero attached hydrogens (tertiary/aromatic N) is 1. The van der Waals surface area contributed by atoms with Crippen LogP contribution in [0.15, 0.2) is 0 Å². The molecule has 0 aromatic rings. The third kappa shape index (κ3) is 5.36. The van der Waals surface area contributed by atoms with Crippen molar-refractivity contribution >= 4 is 5.97 Å². The lowest BCUT2D eigenvalue weighted by atomic mass is 9.98. The zero-order valence-corrected chi connectivity index (χ0v) is 11.8. The first-order chi connectivity index (χ1) is 8.67. The van der Waals surface area contributed by atoms with E-state index in [1.807, 2.05) is 0 Å². The van der Waals surface area contributed by atoms with E-state index in [1.54, 1.807) is 0 Å². The van der Waals surface area contributed by atoms with Gasteiger partial charge in [0.25, 0.3) is 0 Å². The van der Waals surface area contributed by atoms with Gasteiger partial charge in [-0.25, -0.2) is 0 Å². The maximum atomic E-state index is 11.2. The number of likely N-dealkylation sites (tertiary alicyclic amines) is 1. The molecule has 2 N–H and O–H groups in total.